The fourth-order valence-electron chi connectivity index (χ4n) is 2.14. The summed E-state index contributed by atoms with van der Waals surface area (Å²) in [6, 6.07) is 8.53. The van der Waals surface area contributed by atoms with Gasteiger partial charge in [-0.3, -0.25) is 9.59 Å². The average molecular weight is 392 g/mol. The number of nitrogens with zero attached hydrogens (tertiary/aromatic N) is 2. The van der Waals surface area contributed by atoms with Crippen LogP contribution >= 0.6 is 35.8 Å². The molecule has 1 heterocycles. The molecule has 0 radical (unpaired) electrons. The zero-order valence-corrected chi connectivity index (χ0v) is 15.3. The first-order valence-corrected chi connectivity index (χ1v) is 8.62. The Morgan fingerprint density at radius 3 is 2.21 bits per heavy atom. The third-order valence-corrected chi connectivity index (χ3v) is 4.43. The molecular weight excluding hydrogens is 373 g/mol. The number of rotatable bonds is 3. The van der Waals surface area contributed by atoms with Crippen LogP contribution in [-0.2, 0) is 0 Å². The Morgan fingerprint density at radius 2 is 1.62 bits per heavy atom. The molecule has 9 heteroatoms. The Kier molecular flexibility index (Phi) is 8.95. The van der Waals surface area contributed by atoms with E-state index < -0.39 is 0 Å². The molecule has 0 bridgehead atoms. The number of nitrogens with one attached hydrogen (secondary N) is 1. The number of carbonyl (C=O) groups is 3. The van der Waals surface area contributed by atoms with Crippen LogP contribution in [0.4, 0.5) is 9.59 Å². The van der Waals surface area contributed by atoms with Gasteiger partial charge in [-0.25, -0.2) is 4.79 Å². The van der Waals surface area contributed by atoms with Crippen LogP contribution in [0.3, 0.4) is 0 Å². The molecule has 1 fully saturated rings. The second-order valence-electron chi connectivity index (χ2n) is 4.92. The topological polar surface area (TPSA) is 69.7 Å². The van der Waals surface area contributed by atoms with Crippen LogP contribution in [0.2, 0.25) is 0 Å². The normalized spacial score (nSPS) is 13.9. The lowest BCUT2D eigenvalue weighted by Crippen LogP contribution is -2.52. The lowest BCUT2D eigenvalue weighted by atomic mass is 10.2. The fraction of sp³-hybridized carbons (Fsp3) is 0.400. The molecule has 0 atom stereocenters. The van der Waals surface area contributed by atoms with Gasteiger partial charge in [0.1, 0.15) is 0 Å². The summed E-state index contributed by atoms with van der Waals surface area (Å²) in [6.07, 6.45) is 0. The number of halogens is 2. The maximum Gasteiger partial charge on any atom is 0.317 e. The summed E-state index contributed by atoms with van der Waals surface area (Å²) in [7, 11) is 0. The molecule has 0 saturated carbocycles. The molecule has 1 aromatic rings. The van der Waals surface area contributed by atoms with Crippen LogP contribution in [0.25, 0.3) is 0 Å². The lowest BCUT2D eigenvalue weighted by molar-refractivity contribution is 0.108. The summed E-state index contributed by atoms with van der Waals surface area (Å²) in [4.78, 5) is 39.2. The summed E-state index contributed by atoms with van der Waals surface area (Å²) in [6.45, 7) is 2.14. The van der Waals surface area contributed by atoms with Gasteiger partial charge in [0.05, 0.1) is 0 Å². The van der Waals surface area contributed by atoms with Crippen molar-refractivity contribution < 1.29 is 14.4 Å². The molecular formula is C15H19Cl2N3O3S. The van der Waals surface area contributed by atoms with E-state index in [4.69, 9.17) is 11.6 Å². The standard InChI is InChI=1S/C15H18ClN3O3S.ClH/c16-6-7-17-14(21)18-8-10-19(11-9-18)15(22)23-13(20)12-4-2-1-3-5-12;/h1-5H,6-11H2,(H,17,21);1H. The zero-order valence-electron chi connectivity index (χ0n) is 12.9. The molecule has 1 aliphatic heterocycles. The fourth-order valence-corrected chi connectivity index (χ4v) is 2.95. The lowest BCUT2D eigenvalue weighted by Gasteiger charge is -2.34. The van der Waals surface area contributed by atoms with Crippen molar-refractivity contribution in [2.45, 2.75) is 0 Å². The molecule has 6 nitrogen and oxygen atoms in total. The van der Waals surface area contributed by atoms with Crippen LogP contribution in [0.1, 0.15) is 10.4 Å². The Morgan fingerprint density at radius 1 is 1.04 bits per heavy atom. The monoisotopic (exact) mass is 391 g/mol. The molecule has 1 saturated heterocycles. The molecule has 1 aromatic carbocycles. The van der Waals surface area contributed by atoms with E-state index in [0.29, 0.717) is 55.9 Å². The highest BCUT2D eigenvalue weighted by atomic mass is 35.5. The smallest absolute Gasteiger partial charge is 0.317 e. The van der Waals surface area contributed by atoms with Crippen molar-refractivity contribution in [1.82, 2.24) is 15.1 Å². The highest BCUT2D eigenvalue weighted by molar-refractivity contribution is 8.26. The van der Waals surface area contributed by atoms with Crippen LogP contribution < -0.4 is 5.32 Å². The molecule has 2 rings (SSSR count). The molecule has 1 N–H and O–H groups in total. The molecule has 0 spiro atoms. The number of thioether (sulfide) groups is 1. The minimum Gasteiger partial charge on any atom is -0.337 e. The maximum absolute atomic E-state index is 12.2. The van der Waals surface area contributed by atoms with Crippen molar-refractivity contribution in [1.29, 1.82) is 0 Å². The Bertz CT molecular complexity index is 566. The van der Waals surface area contributed by atoms with Crippen molar-refractivity contribution in [2.24, 2.45) is 0 Å². The number of alkyl halides is 1. The third kappa shape index (κ3) is 5.89. The first-order valence-electron chi connectivity index (χ1n) is 7.26. The van der Waals surface area contributed by atoms with Gasteiger partial charge in [0, 0.05) is 55.9 Å². The summed E-state index contributed by atoms with van der Waals surface area (Å²) in [5.41, 5.74) is 0.505. The van der Waals surface area contributed by atoms with E-state index in [1.54, 1.807) is 34.1 Å². The van der Waals surface area contributed by atoms with E-state index in [1.165, 1.54) is 0 Å². The highest BCUT2D eigenvalue weighted by Gasteiger charge is 2.25. The number of piperazine rings is 1. The SMILES string of the molecule is Cl.O=C(SC(=O)N1CCN(C(=O)NCCCl)CC1)c1ccccc1. The highest BCUT2D eigenvalue weighted by Crippen LogP contribution is 2.17. The summed E-state index contributed by atoms with van der Waals surface area (Å²) in [5.74, 6) is 0.364. The second-order valence-corrected chi connectivity index (χ2v) is 6.22. The van der Waals surface area contributed by atoms with Crippen LogP contribution in [0.5, 0.6) is 0 Å². The quantitative estimate of drug-likeness (QED) is 0.804. The molecule has 3 amide bonds. The summed E-state index contributed by atoms with van der Waals surface area (Å²) < 4.78 is 0. The number of benzene rings is 1. The van der Waals surface area contributed by atoms with Gasteiger partial charge >= 0.3 is 6.03 Å². The maximum atomic E-state index is 12.2. The van der Waals surface area contributed by atoms with Crippen molar-refractivity contribution in [3.63, 3.8) is 0 Å². The van der Waals surface area contributed by atoms with Gasteiger partial charge in [0.15, 0.2) is 0 Å². The zero-order chi connectivity index (χ0) is 16.7. The second kappa shape index (κ2) is 10.4. The summed E-state index contributed by atoms with van der Waals surface area (Å²) >= 11 is 6.22. The molecule has 24 heavy (non-hydrogen) atoms. The number of amides is 3. The minimum absolute atomic E-state index is 0. The molecule has 132 valence electrons. The minimum atomic E-state index is -0.278. The first kappa shape index (κ1) is 20.6. The molecule has 0 aromatic heterocycles. The molecule has 0 unspecified atom stereocenters. The Hall–Kier alpha value is -1.44. The molecule has 1 aliphatic rings. The number of carbonyl (C=O) groups excluding carboxylic acids is 3. The van der Waals surface area contributed by atoms with Crippen LogP contribution in [0.15, 0.2) is 30.3 Å². The summed E-state index contributed by atoms with van der Waals surface area (Å²) in [5, 5.41) is 2.15. The molecule has 0 aliphatic carbocycles. The predicted molar refractivity (Wildman–Crippen MR) is 98.3 cm³/mol. The van der Waals surface area contributed by atoms with Gasteiger partial charge in [-0.05, 0) is 0 Å². The van der Waals surface area contributed by atoms with Gasteiger partial charge in [-0.2, -0.15) is 0 Å². The van der Waals surface area contributed by atoms with E-state index in [-0.39, 0.29) is 28.8 Å². The van der Waals surface area contributed by atoms with Gasteiger partial charge in [0.25, 0.3) is 5.24 Å². The van der Waals surface area contributed by atoms with Gasteiger partial charge in [-0.15, -0.1) is 24.0 Å². The van der Waals surface area contributed by atoms with Crippen molar-refractivity contribution in [3.8, 4) is 0 Å². The largest absolute Gasteiger partial charge is 0.337 e. The van der Waals surface area contributed by atoms with Crippen molar-refractivity contribution in [3.05, 3.63) is 35.9 Å². The van der Waals surface area contributed by atoms with E-state index in [2.05, 4.69) is 5.32 Å². The number of hydrogen-bond acceptors (Lipinski definition) is 4. The number of urea groups is 1. The van der Waals surface area contributed by atoms with Gasteiger partial charge < -0.3 is 15.1 Å². The Balaban J connectivity index is 0.00000288. The first-order chi connectivity index (χ1) is 11.1. The van der Waals surface area contributed by atoms with Crippen molar-refractivity contribution >= 4 is 52.2 Å². The van der Waals surface area contributed by atoms with E-state index >= 15 is 0 Å². The number of hydrogen-bond donors (Lipinski definition) is 1. The van der Waals surface area contributed by atoms with E-state index in [1.807, 2.05) is 6.07 Å². The van der Waals surface area contributed by atoms with Gasteiger partial charge in [-0.1, -0.05) is 30.3 Å². The van der Waals surface area contributed by atoms with Crippen molar-refractivity contribution in [2.75, 3.05) is 38.6 Å². The van der Waals surface area contributed by atoms with E-state index in [0.717, 1.165) is 0 Å². The average Bonchev–Trinajstić information content (AvgIpc) is 2.60. The Labute approximate surface area is 156 Å². The van der Waals surface area contributed by atoms with Gasteiger partial charge in [0.2, 0.25) is 5.12 Å². The van der Waals surface area contributed by atoms with Crippen LogP contribution in [-0.4, -0.2) is 64.8 Å². The third-order valence-electron chi connectivity index (χ3n) is 3.39. The van der Waals surface area contributed by atoms with E-state index in [9.17, 15) is 14.4 Å². The predicted octanol–water partition coefficient (Wildman–Crippen LogP) is 2.67. The van der Waals surface area contributed by atoms with Crippen LogP contribution in [0, 0.1) is 0 Å².